The topological polar surface area (TPSA) is 96.4 Å². The summed E-state index contributed by atoms with van der Waals surface area (Å²) in [4.78, 5) is 35.2. The van der Waals surface area contributed by atoms with Crippen LogP contribution in [0.1, 0.15) is 38.7 Å². The molecule has 1 aliphatic rings. The summed E-state index contributed by atoms with van der Waals surface area (Å²) >= 11 is 0. The van der Waals surface area contributed by atoms with Gasteiger partial charge in [-0.1, -0.05) is 6.07 Å². The van der Waals surface area contributed by atoms with Crippen LogP contribution in [0.15, 0.2) is 36.7 Å². The number of amides is 2. The van der Waals surface area contributed by atoms with Crippen molar-refractivity contribution in [3.05, 3.63) is 42.2 Å². The Bertz CT molecular complexity index is 832. The highest BCUT2D eigenvalue weighted by molar-refractivity contribution is 6.39. The molecule has 0 aliphatic carbocycles. The normalized spacial score (nSPS) is 13.8. The predicted octanol–water partition coefficient (Wildman–Crippen LogP) is 2.51. The highest BCUT2D eigenvalue weighted by Crippen LogP contribution is 2.21. The van der Waals surface area contributed by atoms with Crippen LogP contribution < -0.4 is 20.3 Å². The third-order valence-electron chi connectivity index (χ3n) is 4.52. The minimum Gasteiger partial charge on any atom is -0.475 e. The second-order valence-corrected chi connectivity index (χ2v) is 7.22. The molecule has 2 amide bonds. The zero-order valence-corrected chi connectivity index (χ0v) is 16.9. The quantitative estimate of drug-likeness (QED) is 0.727. The highest BCUT2D eigenvalue weighted by Gasteiger charge is 2.18. The summed E-state index contributed by atoms with van der Waals surface area (Å²) in [7, 11) is 0. The molecule has 0 atom stereocenters. The molecule has 0 bridgehead atoms. The number of rotatable bonds is 6. The lowest BCUT2D eigenvalue weighted by atomic mass is 10.1. The monoisotopic (exact) mass is 397 g/mol. The molecule has 2 aromatic rings. The molecule has 3 heterocycles. The Balaban J connectivity index is 1.55. The van der Waals surface area contributed by atoms with E-state index < -0.39 is 11.8 Å². The largest absolute Gasteiger partial charge is 0.475 e. The molecule has 1 aliphatic heterocycles. The summed E-state index contributed by atoms with van der Waals surface area (Å²) in [5.41, 5.74) is 1.32. The Morgan fingerprint density at radius 1 is 1.10 bits per heavy atom. The lowest BCUT2D eigenvalue weighted by molar-refractivity contribution is -0.136. The van der Waals surface area contributed by atoms with Gasteiger partial charge in [-0.05, 0) is 45.2 Å². The maximum atomic E-state index is 12.2. The van der Waals surface area contributed by atoms with Crippen molar-refractivity contribution in [2.45, 2.75) is 45.8 Å². The molecule has 3 rings (SSSR count). The zero-order chi connectivity index (χ0) is 20.6. The van der Waals surface area contributed by atoms with Crippen LogP contribution in [0.4, 0.5) is 11.5 Å². The number of nitrogens with zero attached hydrogens (tertiary/aromatic N) is 3. The summed E-state index contributed by atoms with van der Waals surface area (Å²) in [6.07, 6.45) is 6.73. The van der Waals surface area contributed by atoms with Gasteiger partial charge in [0.2, 0.25) is 5.88 Å². The Kier molecular flexibility index (Phi) is 6.99. The van der Waals surface area contributed by atoms with Gasteiger partial charge in [0, 0.05) is 37.5 Å². The summed E-state index contributed by atoms with van der Waals surface area (Å²) in [6, 6.07) is 7.05. The number of nitrogens with one attached hydrogen (secondary N) is 2. The number of carbonyl (C=O) groups is 2. The SMILES string of the molecule is CC(C)Oc1ccc(NC(=O)C(=O)NCc2cccnc2N2CCCCC2)cn1. The van der Waals surface area contributed by atoms with Crippen molar-refractivity contribution < 1.29 is 14.3 Å². The summed E-state index contributed by atoms with van der Waals surface area (Å²) in [6.45, 7) is 5.97. The average Bonchev–Trinajstić information content (AvgIpc) is 2.74. The van der Waals surface area contributed by atoms with Crippen LogP contribution in [0.5, 0.6) is 5.88 Å². The smallest absolute Gasteiger partial charge is 0.313 e. The van der Waals surface area contributed by atoms with Crippen LogP contribution >= 0.6 is 0 Å². The van der Waals surface area contributed by atoms with E-state index in [0.29, 0.717) is 11.6 Å². The number of aromatic nitrogens is 2. The van der Waals surface area contributed by atoms with Crippen LogP contribution in [0.3, 0.4) is 0 Å². The van der Waals surface area contributed by atoms with Crippen LogP contribution in [-0.2, 0) is 16.1 Å². The molecule has 0 radical (unpaired) electrons. The first-order valence-electron chi connectivity index (χ1n) is 9.93. The number of ether oxygens (including phenoxy) is 1. The van der Waals surface area contributed by atoms with Gasteiger partial charge in [-0.2, -0.15) is 0 Å². The zero-order valence-electron chi connectivity index (χ0n) is 16.9. The molecule has 8 nitrogen and oxygen atoms in total. The number of hydrogen-bond acceptors (Lipinski definition) is 6. The minimum absolute atomic E-state index is 0.0102. The van der Waals surface area contributed by atoms with E-state index in [4.69, 9.17) is 4.74 Å². The van der Waals surface area contributed by atoms with Crippen molar-refractivity contribution in [3.63, 3.8) is 0 Å². The van der Waals surface area contributed by atoms with E-state index in [9.17, 15) is 9.59 Å². The third kappa shape index (κ3) is 5.91. The number of anilines is 2. The van der Waals surface area contributed by atoms with Crippen molar-refractivity contribution in [2.24, 2.45) is 0 Å². The second kappa shape index (κ2) is 9.86. The first-order valence-corrected chi connectivity index (χ1v) is 9.93. The van der Waals surface area contributed by atoms with Crippen LogP contribution in [0.25, 0.3) is 0 Å². The van der Waals surface area contributed by atoms with Gasteiger partial charge in [0.1, 0.15) is 5.82 Å². The van der Waals surface area contributed by atoms with E-state index >= 15 is 0 Å². The molecule has 0 unspecified atom stereocenters. The van der Waals surface area contributed by atoms with Crippen molar-refractivity contribution in [1.29, 1.82) is 0 Å². The lowest BCUT2D eigenvalue weighted by Gasteiger charge is -2.29. The molecular weight excluding hydrogens is 370 g/mol. The van der Waals surface area contributed by atoms with Crippen LogP contribution in [-0.4, -0.2) is 41.0 Å². The van der Waals surface area contributed by atoms with Gasteiger partial charge in [0.25, 0.3) is 0 Å². The van der Waals surface area contributed by atoms with Crippen LogP contribution in [0, 0.1) is 0 Å². The number of carbonyl (C=O) groups excluding carboxylic acids is 2. The van der Waals surface area contributed by atoms with E-state index in [0.717, 1.165) is 37.3 Å². The minimum atomic E-state index is -0.743. The molecule has 2 N–H and O–H groups in total. The van der Waals surface area contributed by atoms with E-state index in [1.54, 1.807) is 18.3 Å². The summed E-state index contributed by atoms with van der Waals surface area (Å²) < 4.78 is 5.46. The van der Waals surface area contributed by atoms with E-state index in [1.807, 2.05) is 26.0 Å². The summed E-state index contributed by atoms with van der Waals surface area (Å²) in [5.74, 6) is -0.115. The van der Waals surface area contributed by atoms with E-state index in [2.05, 4.69) is 25.5 Å². The van der Waals surface area contributed by atoms with Gasteiger partial charge < -0.3 is 20.3 Å². The first-order chi connectivity index (χ1) is 14.0. The molecule has 0 spiro atoms. The second-order valence-electron chi connectivity index (χ2n) is 7.22. The fourth-order valence-electron chi connectivity index (χ4n) is 3.17. The molecule has 1 fully saturated rings. The molecule has 8 heteroatoms. The molecule has 2 aromatic heterocycles. The number of pyridine rings is 2. The van der Waals surface area contributed by atoms with Crippen molar-refractivity contribution >= 4 is 23.3 Å². The Morgan fingerprint density at radius 3 is 2.59 bits per heavy atom. The molecular formula is C21H27N5O3. The number of hydrogen-bond donors (Lipinski definition) is 2. The van der Waals surface area contributed by atoms with Gasteiger partial charge in [0.15, 0.2) is 0 Å². The molecule has 1 saturated heterocycles. The molecule has 29 heavy (non-hydrogen) atoms. The van der Waals surface area contributed by atoms with Gasteiger partial charge in [0.05, 0.1) is 18.0 Å². The maximum Gasteiger partial charge on any atom is 0.313 e. The molecule has 0 saturated carbocycles. The number of piperidine rings is 1. The average molecular weight is 397 g/mol. The third-order valence-corrected chi connectivity index (χ3v) is 4.52. The summed E-state index contributed by atoms with van der Waals surface area (Å²) in [5, 5.41) is 5.21. The predicted molar refractivity (Wildman–Crippen MR) is 111 cm³/mol. The van der Waals surface area contributed by atoms with Gasteiger partial charge >= 0.3 is 11.8 Å². The maximum absolute atomic E-state index is 12.2. The first kappa shape index (κ1) is 20.6. The fourth-order valence-corrected chi connectivity index (χ4v) is 3.17. The van der Waals surface area contributed by atoms with Crippen molar-refractivity contribution in [2.75, 3.05) is 23.3 Å². The van der Waals surface area contributed by atoms with Crippen LogP contribution in [0.2, 0.25) is 0 Å². The fraction of sp³-hybridized carbons (Fsp3) is 0.429. The van der Waals surface area contributed by atoms with Gasteiger partial charge in [-0.3, -0.25) is 9.59 Å². The molecule has 154 valence electrons. The Hall–Kier alpha value is -3.16. The van der Waals surface area contributed by atoms with Crippen molar-refractivity contribution in [3.8, 4) is 5.88 Å². The van der Waals surface area contributed by atoms with E-state index in [1.165, 1.54) is 12.6 Å². The van der Waals surface area contributed by atoms with Gasteiger partial charge in [-0.25, -0.2) is 9.97 Å². The Morgan fingerprint density at radius 2 is 1.90 bits per heavy atom. The lowest BCUT2D eigenvalue weighted by Crippen LogP contribution is -2.36. The van der Waals surface area contributed by atoms with Gasteiger partial charge in [-0.15, -0.1) is 0 Å². The Labute approximate surface area is 170 Å². The van der Waals surface area contributed by atoms with E-state index in [-0.39, 0.29) is 12.6 Å². The standard InChI is InChI=1S/C21H27N5O3/c1-15(2)29-18-9-8-17(14-23-18)25-21(28)20(27)24-13-16-7-6-10-22-19(16)26-11-4-3-5-12-26/h6-10,14-15H,3-5,11-13H2,1-2H3,(H,24,27)(H,25,28). The van der Waals surface area contributed by atoms with Crippen molar-refractivity contribution in [1.82, 2.24) is 15.3 Å². The highest BCUT2D eigenvalue weighted by atomic mass is 16.5. The molecule has 0 aromatic carbocycles.